The Morgan fingerprint density at radius 2 is 1.90 bits per heavy atom. The predicted molar refractivity (Wildman–Crippen MR) is 128 cm³/mol. The van der Waals surface area contributed by atoms with Gasteiger partial charge in [0, 0.05) is 23.3 Å². The van der Waals surface area contributed by atoms with E-state index >= 15 is 0 Å². The van der Waals surface area contributed by atoms with E-state index in [0.29, 0.717) is 36.0 Å². The molecule has 0 aliphatic heterocycles. The number of carbonyl (C=O) groups excluding carboxylic acids is 2. The highest BCUT2D eigenvalue weighted by Gasteiger charge is 2.21. The maximum Gasteiger partial charge on any atom is 0.328 e. The minimum atomic E-state index is -0.659. The fourth-order valence-corrected chi connectivity index (χ4v) is 3.17. The first-order valence-corrected chi connectivity index (χ1v) is 12.0. The van der Waals surface area contributed by atoms with Crippen molar-refractivity contribution in [1.29, 1.82) is 0 Å². The number of benzene rings is 1. The zero-order valence-electron chi connectivity index (χ0n) is 18.2. The van der Waals surface area contributed by atoms with Crippen LogP contribution in [-0.2, 0) is 9.53 Å². The van der Waals surface area contributed by atoms with Gasteiger partial charge in [0.25, 0.3) is 5.91 Å². The molecule has 3 N–H and O–H groups in total. The minimum Gasteiger partial charge on any atom is -0.493 e. The van der Waals surface area contributed by atoms with Crippen molar-refractivity contribution in [3.8, 4) is 5.75 Å². The quantitative estimate of drug-likeness (QED) is 0.241. The smallest absolute Gasteiger partial charge is 0.328 e. The van der Waals surface area contributed by atoms with E-state index in [1.807, 2.05) is 12.3 Å². The van der Waals surface area contributed by atoms with Crippen molar-refractivity contribution in [3.63, 3.8) is 0 Å². The fourth-order valence-electron chi connectivity index (χ4n) is 2.58. The summed E-state index contributed by atoms with van der Waals surface area (Å²) in [6.07, 6.45) is 6.50. The van der Waals surface area contributed by atoms with Crippen molar-refractivity contribution in [3.05, 3.63) is 42.0 Å². The summed E-state index contributed by atoms with van der Waals surface area (Å²) in [5.74, 6) is 1.88. The van der Waals surface area contributed by atoms with E-state index in [-0.39, 0.29) is 17.9 Å². The van der Waals surface area contributed by atoms with Gasteiger partial charge in [0.2, 0.25) is 0 Å². The van der Waals surface area contributed by atoms with E-state index in [9.17, 15) is 9.59 Å². The van der Waals surface area contributed by atoms with Gasteiger partial charge in [-0.2, -0.15) is 24.4 Å². The summed E-state index contributed by atoms with van der Waals surface area (Å²) >= 11 is 5.80. The van der Waals surface area contributed by atoms with Crippen LogP contribution in [0.3, 0.4) is 0 Å². The Bertz CT molecular complexity index is 680. The summed E-state index contributed by atoms with van der Waals surface area (Å²) in [6.45, 7) is 4.78. The first-order valence-electron chi connectivity index (χ1n) is 9.97. The third kappa shape index (κ3) is 9.45. The second kappa shape index (κ2) is 14.4. The SMILES string of the molecule is COC(=O)C(CCSC)NC(=O)c1ccc(OCC(C=CC(N)CS)C(C)C)cc1. The largest absolute Gasteiger partial charge is 0.493 e. The summed E-state index contributed by atoms with van der Waals surface area (Å²) in [7, 11) is 1.32. The molecule has 0 aromatic heterocycles. The number of thiol groups is 1. The Morgan fingerprint density at radius 1 is 1.23 bits per heavy atom. The number of nitrogens with one attached hydrogen (secondary N) is 1. The van der Waals surface area contributed by atoms with E-state index in [1.165, 1.54) is 7.11 Å². The number of ether oxygens (including phenoxy) is 2. The topological polar surface area (TPSA) is 90.6 Å². The highest BCUT2D eigenvalue weighted by Crippen LogP contribution is 2.18. The summed E-state index contributed by atoms with van der Waals surface area (Å²) < 4.78 is 10.7. The molecule has 3 unspecified atom stereocenters. The zero-order chi connectivity index (χ0) is 22.5. The van der Waals surface area contributed by atoms with Crippen LogP contribution in [0.4, 0.5) is 0 Å². The number of amides is 1. The standard InChI is InChI=1S/C22H34N2O4S2/c1-15(2)17(5-8-18(23)14-29)13-28-19-9-6-16(7-10-19)21(25)24-20(11-12-30-4)22(26)27-3/h5-10,15,17-18,20,29H,11-14,23H2,1-4H3,(H,24,25). The van der Waals surface area contributed by atoms with E-state index in [2.05, 4.69) is 37.9 Å². The molecule has 0 saturated carbocycles. The second-order valence-corrected chi connectivity index (χ2v) is 8.66. The van der Waals surface area contributed by atoms with Gasteiger partial charge in [0.1, 0.15) is 11.8 Å². The lowest BCUT2D eigenvalue weighted by Gasteiger charge is -2.19. The molecule has 6 nitrogen and oxygen atoms in total. The number of methoxy groups -OCH3 is 1. The highest BCUT2D eigenvalue weighted by molar-refractivity contribution is 7.98. The molecule has 0 heterocycles. The van der Waals surface area contributed by atoms with Crippen molar-refractivity contribution in [1.82, 2.24) is 5.32 Å². The van der Waals surface area contributed by atoms with Crippen molar-refractivity contribution in [2.75, 3.05) is 31.5 Å². The lowest BCUT2D eigenvalue weighted by molar-refractivity contribution is -0.142. The van der Waals surface area contributed by atoms with Crippen LogP contribution < -0.4 is 15.8 Å². The molecule has 0 fully saturated rings. The third-order valence-electron chi connectivity index (χ3n) is 4.63. The number of hydrogen-bond donors (Lipinski definition) is 3. The van der Waals surface area contributed by atoms with Crippen molar-refractivity contribution in [2.24, 2.45) is 17.6 Å². The molecule has 0 aliphatic rings. The lowest BCUT2D eigenvalue weighted by atomic mass is 9.96. The molecular weight excluding hydrogens is 420 g/mol. The number of rotatable bonds is 13. The Hall–Kier alpha value is -1.64. The van der Waals surface area contributed by atoms with Crippen LogP contribution in [0, 0.1) is 11.8 Å². The van der Waals surface area contributed by atoms with Crippen LogP contribution in [0.5, 0.6) is 5.75 Å². The number of nitrogens with two attached hydrogens (primary N) is 1. The number of hydrogen-bond acceptors (Lipinski definition) is 7. The number of esters is 1. The Balaban J connectivity index is 2.69. The Labute approximate surface area is 189 Å². The molecule has 30 heavy (non-hydrogen) atoms. The van der Waals surface area contributed by atoms with E-state index < -0.39 is 12.0 Å². The van der Waals surface area contributed by atoms with Gasteiger partial charge in [0.05, 0.1) is 13.7 Å². The molecule has 1 rings (SSSR count). The Morgan fingerprint density at radius 3 is 2.43 bits per heavy atom. The molecule has 168 valence electrons. The molecule has 1 amide bonds. The molecule has 0 spiro atoms. The summed E-state index contributed by atoms with van der Waals surface area (Å²) in [5, 5.41) is 2.74. The van der Waals surface area contributed by atoms with Gasteiger partial charge in [-0.25, -0.2) is 4.79 Å². The van der Waals surface area contributed by atoms with Crippen LogP contribution in [0.15, 0.2) is 36.4 Å². The lowest BCUT2D eigenvalue weighted by Crippen LogP contribution is -2.41. The molecule has 0 aliphatic carbocycles. The van der Waals surface area contributed by atoms with Gasteiger partial charge in [-0.3, -0.25) is 4.79 Å². The van der Waals surface area contributed by atoms with Crippen LogP contribution in [0.1, 0.15) is 30.6 Å². The molecule has 1 aromatic rings. The highest BCUT2D eigenvalue weighted by atomic mass is 32.2. The minimum absolute atomic E-state index is 0.0721. The summed E-state index contributed by atoms with van der Waals surface area (Å²) in [5.41, 5.74) is 6.35. The maximum absolute atomic E-state index is 12.5. The van der Waals surface area contributed by atoms with Gasteiger partial charge in [-0.1, -0.05) is 26.0 Å². The average Bonchev–Trinajstić information content (AvgIpc) is 2.75. The summed E-state index contributed by atoms with van der Waals surface area (Å²) in [6, 6.07) is 6.15. The summed E-state index contributed by atoms with van der Waals surface area (Å²) in [4.78, 5) is 24.4. The predicted octanol–water partition coefficient (Wildman–Crippen LogP) is 3.18. The monoisotopic (exact) mass is 454 g/mol. The fraction of sp³-hybridized carbons (Fsp3) is 0.545. The molecule has 1 aromatic carbocycles. The van der Waals surface area contributed by atoms with Crippen LogP contribution in [0.2, 0.25) is 0 Å². The van der Waals surface area contributed by atoms with Gasteiger partial charge in [0.15, 0.2) is 0 Å². The van der Waals surface area contributed by atoms with E-state index in [4.69, 9.17) is 15.2 Å². The molecule has 3 atom stereocenters. The third-order valence-corrected chi connectivity index (χ3v) is 5.70. The average molecular weight is 455 g/mol. The van der Waals surface area contributed by atoms with Gasteiger partial charge in [-0.05, 0) is 48.6 Å². The van der Waals surface area contributed by atoms with E-state index in [1.54, 1.807) is 36.0 Å². The van der Waals surface area contributed by atoms with Gasteiger partial charge >= 0.3 is 5.97 Å². The van der Waals surface area contributed by atoms with Crippen LogP contribution in [0.25, 0.3) is 0 Å². The van der Waals surface area contributed by atoms with Crippen molar-refractivity contribution >= 4 is 36.3 Å². The molecule has 0 saturated heterocycles. The molecule has 0 radical (unpaired) electrons. The van der Waals surface area contributed by atoms with E-state index in [0.717, 1.165) is 5.75 Å². The number of thioether (sulfide) groups is 1. The van der Waals surface area contributed by atoms with Crippen LogP contribution >= 0.6 is 24.4 Å². The molecular formula is C22H34N2O4S2. The van der Waals surface area contributed by atoms with Gasteiger partial charge in [-0.15, -0.1) is 0 Å². The first-order chi connectivity index (χ1) is 14.3. The first kappa shape index (κ1) is 26.4. The second-order valence-electron chi connectivity index (χ2n) is 7.31. The normalized spacial score (nSPS) is 14.4. The Kier molecular flexibility index (Phi) is 12.7. The molecule has 0 bridgehead atoms. The van der Waals surface area contributed by atoms with Crippen molar-refractivity contribution in [2.45, 2.75) is 32.4 Å². The molecule has 8 heteroatoms. The number of carbonyl (C=O) groups is 2. The van der Waals surface area contributed by atoms with Crippen LogP contribution in [-0.4, -0.2) is 55.4 Å². The van der Waals surface area contributed by atoms with Crippen molar-refractivity contribution < 1.29 is 19.1 Å². The zero-order valence-corrected chi connectivity index (χ0v) is 19.9. The van der Waals surface area contributed by atoms with Gasteiger partial charge < -0.3 is 20.5 Å². The maximum atomic E-state index is 12.5.